The summed E-state index contributed by atoms with van der Waals surface area (Å²) < 4.78 is 26.2. The molecule has 0 fully saturated rings. The smallest absolute Gasteiger partial charge is 0.305 e. The fourth-order valence-corrected chi connectivity index (χ4v) is 2.25. The summed E-state index contributed by atoms with van der Waals surface area (Å²) in [6, 6.07) is 3.43. The van der Waals surface area contributed by atoms with Crippen molar-refractivity contribution >= 4 is 11.9 Å². The van der Waals surface area contributed by atoms with E-state index in [1.807, 2.05) is 13.8 Å². The number of carbonyl (C=O) groups is 2. The molecule has 0 saturated heterocycles. The van der Waals surface area contributed by atoms with Crippen LogP contribution in [0.4, 0.5) is 8.78 Å². The molecule has 1 rings (SSSR count). The van der Waals surface area contributed by atoms with E-state index in [0.29, 0.717) is 18.4 Å². The van der Waals surface area contributed by atoms with Crippen LogP contribution in [0.5, 0.6) is 0 Å². The molecule has 1 amide bonds. The van der Waals surface area contributed by atoms with E-state index in [0.717, 1.165) is 12.1 Å². The minimum Gasteiger partial charge on any atom is -0.481 e. The number of aliphatic carboxylic acids is 1. The summed E-state index contributed by atoms with van der Waals surface area (Å²) in [4.78, 5) is 24.6. The van der Waals surface area contributed by atoms with Gasteiger partial charge >= 0.3 is 5.97 Å². The predicted octanol–water partition coefficient (Wildman–Crippen LogP) is 3.20. The minimum absolute atomic E-state index is 0.0453. The molecule has 22 heavy (non-hydrogen) atoms. The van der Waals surface area contributed by atoms with Crippen molar-refractivity contribution < 1.29 is 23.5 Å². The van der Waals surface area contributed by atoms with Gasteiger partial charge in [-0.1, -0.05) is 19.9 Å². The highest BCUT2D eigenvalue weighted by Gasteiger charge is 2.22. The van der Waals surface area contributed by atoms with Crippen LogP contribution in [0.25, 0.3) is 0 Å². The summed E-state index contributed by atoms with van der Waals surface area (Å²) in [5.41, 5.74) is 0.434. The first-order chi connectivity index (χ1) is 10.4. The van der Waals surface area contributed by atoms with Gasteiger partial charge in [0.1, 0.15) is 0 Å². The molecule has 0 unspecified atom stereocenters. The van der Waals surface area contributed by atoms with Crippen LogP contribution in [0.1, 0.15) is 38.7 Å². The van der Waals surface area contributed by atoms with E-state index >= 15 is 0 Å². The molecule has 0 radical (unpaired) electrons. The second kappa shape index (κ2) is 8.46. The zero-order valence-corrected chi connectivity index (χ0v) is 12.8. The first-order valence-corrected chi connectivity index (χ1v) is 7.33. The number of rotatable bonds is 8. The van der Waals surface area contributed by atoms with Crippen molar-refractivity contribution in [3.8, 4) is 0 Å². The van der Waals surface area contributed by atoms with Crippen molar-refractivity contribution in [1.82, 2.24) is 4.90 Å². The number of halogens is 2. The van der Waals surface area contributed by atoms with Gasteiger partial charge in [0.15, 0.2) is 11.6 Å². The Morgan fingerprint density at radius 2 is 1.82 bits per heavy atom. The molecule has 0 heterocycles. The van der Waals surface area contributed by atoms with E-state index in [4.69, 9.17) is 5.11 Å². The number of carboxylic acids is 1. The lowest BCUT2D eigenvalue weighted by Crippen LogP contribution is -2.37. The van der Waals surface area contributed by atoms with E-state index in [-0.39, 0.29) is 31.3 Å². The zero-order valence-electron chi connectivity index (χ0n) is 12.8. The van der Waals surface area contributed by atoms with E-state index < -0.39 is 17.6 Å². The van der Waals surface area contributed by atoms with E-state index in [1.54, 1.807) is 0 Å². The van der Waals surface area contributed by atoms with Crippen molar-refractivity contribution in [2.24, 2.45) is 5.92 Å². The third-order valence-electron chi connectivity index (χ3n) is 3.60. The molecule has 0 saturated carbocycles. The maximum absolute atomic E-state index is 13.3. The van der Waals surface area contributed by atoms with Gasteiger partial charge in [-0.15, -0.1) is 0 Å². The number of benzene rings is 1. The van der Waals surface area contributed by atoms with Crippen LogP contribution in [-0.2, 0) is 16.1 Å². The average molecular weight is 313 g/mol. The molecule has 0 spiro atoms. The van der Waals surface area contributed by atoms with E-state index in [1.165, 1.54) is 11.0 Å². The van der Waals surface area contributed by atoms with E-state index in [2.05, 4.69) is 0 Å². The summed E-state index contributed by atoms with van der Waals surface area (Å²) in [6.07, 6.45) is 1.11. The maximum atomic E-state index is 13.3. The van der Waals surface area contributed by atoms with E-state index in [9.17, 15) is 18.4 Å². The third-order valence-corrected chi connectivity index (χ3v) is 3.60. The van der Waals surface area contributed by atoms with Crippen LogP contribution in [0.15, 0.2) is 18.2 Å². The van der Waals surface area contributed by atoms with Crippen LogP contribution >= 0.6 is 0 Å². The molecular weight excluding hydrogens is 292 g/mol. The number of nitrogens with zero attached hydrogens (tertiary/aromatic N) is 1. The van der Waals surface area contributed by atoms with Crippen molar-refractivity contribution in [2.75, 3.05) is 6.54 Å². The Labute approximate surface area is 128 Å². The Hall–Kier alpha value is -1.98. The van der Waals surface area contributed by atoms with Gasteiger partial charge in [-0.05, 0) is 30.5 Å². The Morgan fingerprint density at radius 3 is 2.32 bits per heavy atom. The Balaban J connectivity index is 2.91. The van der Waals surface area contributed by atoms with Crippen LogP contribution < -0.4 is 0 Å². The Bertz CT molecular complexity index is 530. The number of hydrogen-bond acceptors (Lipinski definition) is 2. The molecular formula is C16H21F2NO3. The first kappa shape index (κ1) is 18.1. The third kappa shape index (κ3) is 5.09. The number of carboxylic acid groups (broad SMARTS) is 1. The topological polar surface area (TPSA) is 57.6 Å². The predicted molar refractivity (Wildman–Crippen MR) is 78.1 cm³/mol. The lowest BCUT2D eigenvalue weighted by Gasteiger charge is -2.26. The van der Waals surface area contributed by atoms with Crippen LogP contribution in [-0.4, -0.2) is 28.4 Å². The van der Waals surface area contributed by atoms with Gasteiger partial charge in [-0.2, -0.15) is 0 Å². The fraction of sp³-hybridized carbons (Fsp3) is 0.500. The number of amides is 1. The summed E-state index contributed by atoms with van der Waals surface area (Å²) >= 11 is 0. The molecule has 1 N–H and O–H groups in total. The second-order valence-corrected chi connectivity index (χ2v) is 5.17. The lowest BCUT2D eigenvalue weighted by atomic mass is 10.0. The molecule has 122 valence electrons. The molecule has 0 bridgehead atoms. The van der Waals surface area contributed by atoms with Gasteiger partial charge < -0.3 is 10.0 Å². The lowest BCUT2D eigenvalue weighted by molar-refractivity contribution is -0.140. The van der Waals surface area contributed by atoms with Gasteiger partial charge in [0.2, 0.25) is 5.91 Å². The van der Waals surface area contributed by atoms with Crippen LogP contribution in [0.3, 0.4) is 0 Å². The van der Waals surface area contributed by atoms with Gasteiger partial charge in [-0.25, -0.2) is 8.78 Å². The van der Waals surface area contributed by atoms with Crippen molar-refractivity contribution in [3.63, 3.8) is 0 Å². The molecule has 1 aromatic carbocycles. The highest BCUT2D eigenvalue weighted by molar-refractivity contribution is 5.79. The quantitative estimate of drug-likeness (QED) is 0.802. The molecule has 0 aliphatic heterocycles. The monoisotopic (exact) mass is 313 g/mol. The summed E-state index contributed by atoms with van der Waals surface area (Å²) in [5, 5.41) is 8.80. The Kier molecular flexibility index (Phi) is 6.95. The van der Waals surface area contributed by atoms with Crippen molar-refractivity contribution in [3.05, 3.63) is 35.4 Å². The van der Waals surface area contributed by atoms with Gasteiger partial charge in [-0.3, -0.25) is 9.59 Å². The SMILES string of the molecule is CCC(CC)C(=O)N(CCC(=O)O)Cc1ccc(F)c(F)c1. The minimum atomic E-state index is -1.01. The zero-order chi connectivity index (χ0) is 16.7. The Morgan fingerprint density at radius 1 is 1.18 bits per heavy atom. The number of hydrogen-bond donors (Lipinski definition) is 1. The molecule has 4 nitrogen and oxygen atoms in total. The highest BCUT2D eigenvalue weighted by Crippen LogP contribution is 2.16. The van der Waals surface area contributed by atoms with Crippen LogP contribution in [0.2, 0.25) is 0 Å². The van der Waals surface area contributed by atoms with Gasteiger partial charge in [0.05, 0.1) is 6.42 Å². The average Bonchev–Trinajstić information content (AvgIpc) is 2.48. The van der Waals surface area contributed by atoms with Crippen molar-refractivity contribution in [1.29, 1.82) is 0 Å². The normalized spacial score (nSPS) is 10.8. The largest absolute Gasteiger partial charge is 0.481 e. The first-order valence-electron chi connectivity index (χ1n) is 7.33. The highest BCUT2D eigenvalue weighted by atomic mass is 19.2. The molecule has 1 aromatic rings. The molecule has 6 heteroatoms. The summed E-state index contributed by atoms with van der Waals surface area (Å²) in [5.74, 6) is -3.29. The fourth-order valence-electron chi connectivity index (χ4n) is 2.25. The summed E-state index contributed by atoms with van der Waals surface area (Å²) in [6.45, 7) is 3.89. The standard InChI is InChI=1S/C16H21F2NO3/c1-3-12(4-2)16(22)19(8-7-15(20)21)10-11-5-6-13(17)14(18)9-11/h5-6,9,12H,3-4,7-8,10H2,1-2H3,(H,20,21). The van der Waals surface area contributed by atoms with Gasteiger partial charge in [0, 0.05) is 19.0 Å². The van der Waals surface area contributed by atoms with Crippen LogP contribution in [0, 0.1) is 17.6 Å². The summed E-state index contributed by atoms with van der Waals surface area (Å²) in [7, 11) is 0. The molecule has 0 aliphatic rings. The number of carbonyl (C=O) groups excluding carboxylic acids is 1. The second-order valence-electron chi connectivity index (χ2n) is 5.17. The maximum Gasteiger partial charge on any atom is 0.305 e. The van der Waals surface area contributed by atoms with Gasteiger partial charge in [0.25, 0.3) is 0 Å². The molecule has 0 aromatic heterocycles. The van der Waals surface area contributed by atoms with Crippen molar-refractivity contribution in [2.45, 2.75) is 39.7 Å². The molecule has 0 atom stereocenters. The molecule has 0 aliphatic carbocycles.